The van der Waals surface area contributed by atoms with Crippen molar-refractivity contribution in [3.63, 3.8) is 0 Å². The van der Waals surface area contributed by atoms with E-state index in [4.69, 9.17) is 11.6 Å². The van der Waals surface area contributed by atoms with E-state index in [2.05, 4.69) is 10.3 Å². The smallest absolute Gasteiger partial charge is 0.0820 e. The largest absolute Gasteiger partial charge is 0.383 e. The van der Waals surface area contributed by atoms with Gasteiger partial charge in [0.25, 0.3) is 0 Å². The first-order chi connectivity index (χ1) is 6.36. The van der Waals surface area contributed by atoms with E-state index in [1.54, 1.807) is 12.4 Å². The molecule has 1 fully saturated rings. The van der Waals surface area contributed by atoms with Crippen LogP contribution in [0.15, 0.2) is 18.5 Å². The molecule has 70 valence electrons. The second-order valence-corrected chi connectivity index (χ2v) is 3.94. The highest BCUT2D eigenvalue weighted by Gasteiger charge is 2.16. The topological polar surface area (TPSA) is 24.9 Å². The van der Waals surface area contributed by atoms with Crippen LogP contribution in [0, 0.1) is 5.92 Å². The number of anilines is 1. The fraction of sp³-hybridized carbons (Fsp3) is 0.500. The zero-order chi connectivity index (χ0) is 9.10. The maximum Gasteiger partial charge on any atom is 0.0820 e. The number of aromatic nitrogens is 1. The third-order valence-corrected chi connectivity index (χ3v) is 2.88. The lowest BCUT2D eigenvalue weighted by Gasteiger charge is -2.25. The summed E-state index contributed by atoms with van der Waals surface area (Å²) in [5.41, 5.74) is 1.00. The second-order valence-electron chi connectivity index (χ2n) is 3.53. The summed E-state index contributed by atoms with van der Waals surface area (Å²) >= 11 is 5.94. The molecule has 13 heavy (non-hydrogen) atoms. The van der Waals surface area contributed by atoms with Gasteiger partial charge in [-0.2, -0.15) is 0 Å². The average molecular weight is 197 g/mol. The maximum atomic E-state index is 5.94. The SMILES string of the molecule is Clc1cnccc1NCC1CCC1. The van der Waals surface area contributed by atoms with Gasteiger partial charge in [-0.05, 0) is 24.8 Å². The number of nitrogens with one attached hydrogen (secondary N) is 1. The van der Waals surface area contributed by atoms with Crippen LogP contribution in [-0.4, -0.2) is 11.5 Å². The van der Waals surface area contributed by atoms with Gasteiger partial charge in [-0.25, -0.2) is 0 Å². The molecule has 0 saturated heterocycles. The summed E-state index contributed by atoms with van der Waals surface area (Å²) in [7, 11) is 0. The Morgan fingerprint density at radius 3 is 3.00 bits per heavy atom. The summed E-state index contributed by atoms with van der Waals surface area (Å²) in [6, 6.07) is 1.92. The molecular weight excluding hydrogens is 184 g/mol. The Morgan fingerprint density at radius 2 is 2.38 bits per heavy atom. The first-order valence-electron chi connectivity index (χ1n) is 4.69. The number of hydrogen-bond acceptors (Lipinski definition) is 2. The predicted molar refractivity (Wildman–Crippen MR) is 55.1 cm³/mol. The highest BCUT2D eigenvalue weighted by Crippen LogP contribution is 2.27. The predicted octanol–water partition coefficient (Wildman–Crippen LogP) is 2.95. The number of hydrogen-bond donors (Lipinski definition) is 1. The van der Waals surface area contributed by atoms with Crippen molar-refractivity contribution in [3.8, 4) is 0 Å². The Hall–Kier alpha value is -0.760. The van der Waals surface area contributed by atoms with Gasteiger partial charge in [0.2, 0.25) is 0 Å². The van der Waals surface area contributed by atoms with Crippen molar-refractivity contribution >= 4 is 17.3 Å². The standard InChI is InChI=1S/C10H13ClN2/c11-9-7-12-5-4-10(9)13-6-8-2-1-3-8/h4-5,7-8H,1-3,6H2,(H,12,13). The molecule has 1 aliphatic rings. The Bertz CT molecular complexity index is 284. The van der Waals surface area contributed by atoms with Crippen molar-refractivity contribution in [2.45, 2.75) is 19.3 Å². The Morgan fingerprint density at radius 1 is 1.54 bits per heavy atom. The molecular formula is C10H13ClN2. The van der Waals surface area contributed by atoms with Gasteiger partial charge in [0.05, 0.1) is 10.7 Å². The van der Waals surface area contributed by atoms with Gasteiger partial charge >= 0.3 is 0 Å². The lowest BCUT2D eigenvalue weighted by molar-refractivity contribution is 0.333. The van der Waals surface area contributed by atoms with Crippen LogP contribution in [0.4, 0.5) is 5.69 Å². The number of halogens is 1. The molecule has 0 unspecified atom stereocenters. The van der Waals surface area contributed by atoms with Crippen molar-refractivity contribution in [2.24, 2.45) is 5.92 Å². The maximum absolute atomic E-state index is 5.94. The van der Waals surface area contributed by atoms with Gasteiger partial charge < -0.3 is 5.32 Å². The highest BCUT2D eigenvalue weighted by molar-refractivity contribution is 6.33. The summed E-state index contributed by atoms with van der Waals surface area (Å²) in [5.74, 6) is 0.851. The molecule has 0 radical (unpaired) electrons. The lowest BCUT2D eigenvalue weighted by atomic mass is 9.85. The van der Waals surface area contributed by atoms with E-state index in [-0.39, 0.29) is 0 Å². The quantitative estimate of drug-likeness (QED) is 0.804. The van der Waals surface area contributed by atoms with Crippen LogP contribution in [0.25, 0.3) is 0 Å². The number of rotatable bonds is 3. The molecule has 1 saturated carbocycles. The molecule has 0 amide bonds. The molecule has 1 heterocycles. The van der Waals surface area contributed by atoms with Crippen LogP contribution in [0.3, 0.4) is 0 Å². The van der Waals surface area contributed by atoms with Crippen LogP contribution >= 0.6 is 11.6 Å². The number of nitrogens with zero attached hydrogens (tertiary/aromatic N) is 1. The van der Waals surface area contributed by atoms with Crippen LogP contribution < -0.4 is 5.32 Å². The average Bonchev–Trinajstić information content (AvgIpc) is 2.05. The van der Waals surface area contributed by atoms with Crippen LogP contribution in [-0.2, 0) is 0 Å². The van der Waals surface area contributed by atoms with Crippen LogP contribution in [0.5, 0.6) is 0 Å². The molecule has 0 aliphatic heterocycles. The summed E-state index contributed by atoms with van der Waals surface area (Å²) in [6.45, 7) is 1.05. The molecule has 0 atom stereocenters. The normalized spacial score (nSPS) is 16.7. The minimum atomic E-state index is 0.710. The van der Waals surface area contributed by atoms with Gasteiger partial charge in [0, 0.05) is 18.9 Å². The van der Waals surface area contributed by atoms with Gasteiger partial charge in [-0.15, -0.1) is 0 Å². The van der Waals surface area contributed by atoms with Crippen LogP contribution in [0.2, 0.25) is 5.02 Å². The Kier molecular flexibility index (Phi) is 2.69. The zero-order valence-electron chi connectivity index (χ0n) is 7.46. The van der Waals surface area contributed by atoms with Gasteiger partial charge in [-0.1, -0.05) is 18.0 Å². The lowest BCUT2D eigenvalue weighted by Crippen LogP contribution is -2.20. The van der Waals surface area contributed by atoms with Crippen LogP contribution in [0.1, 0.15) is 19.3 Å². The molecule has 2 rings (SSSR count). The first kappa shape index (κ1) is 8.82. The van der Waals surface area contributed by atoms with E-state index in [1.807, 2.05) is 6.07 Å². The fourth-order valence-corrected chi connectivity index (χ4v) is 1.66. The van der Waals surface area contributed by atoms with E-state index >= 15 is 0 Å². The van der Waals surface area contributed by atoms with Crippen molar-refractivity contribution in [1.29, 1.82) is 0 Å². The van der Waals surface area contributed by atoms with E-state index < -0.39 is 0 Å². The third-order valence-electron chi connectivity index (χ3n) is 2.58. The third kappa shape index (κ3) is 2.13. The van der Waals surface area contributed by atoms with Crippen molar-refractivity contribution < 1.29 is 0 Å². The molecule has 0 aromatic carbocycles. The van der Waals surface area contributed by atoms with Crippen molar-refractivity contribution in [2.75, 3.05) is 11.9 Å². The van der Waals surface area contributed by atoms with E-state index in [9.17, 15) is 0 Å². The molecule has 1 aliphatic carbocycles. The molecule has 1 N–H and O–H groups in total. The molecule has 0 spiro atoms. The van der Waals surface area contributed by atoms with E-state index in [0.29, 0.717) is 5.02 Å². The highest BCUT2D eigenvalue weighted by atomic mass is 35.5. The van der Waals surface area contributed by atoms with Crippen molar-refractivity contribution in [1.82, 2.24) is 4.98 Å². The summed E-state index contributed by atoms with van der Waals surface area (Å²) in [4.78, 5) is 3.93. The fourth-order valence-electron chi connectivity index (χ4n) is 1.47. The first-order valence-corrected chi connectivity index (χ1v) is 5.07. The molecule has 3 heteroatoms. The Balaban J connectivity index is 1.89. The van der Waals surface area contributed by atoms with Crippen molar-refractivity contribution in [3.05, 3.63) is 23.5 Å². The summed E-state index contributed by atoms with van der Waals surface area (Å²) in [5, 5.41) is 4.05. The second kappa shape index (κ2) is 3.97. The molecule has 0 bridgehead atoms. The van der Waals surface area contributed by atoms with Gasteiger partial charge in [-0.3, -0.25) is 4.98 Å². The van der Waals surface area contributed by atoms with E-state index in [0.717, 1.165) is 18.2 Å². The zero-order valence-corrected chi connectivity index (χ0v) is 8.22. The minimum Gasteiger partial charge on any atom is -0.383 e. The monoisotopic (exact) mass is 196 g/mol. The van der Waals surface area contributed by atoms with Gasteiger partial charge in [0.1, 0.15) is 0 Å². The summed E-state index contributed by atoms with van der Waals surface area (Å²) < 4.78 is 0. The van der Waals surface area contributed by atoms with E-state index in [1.165, 1.54) is 19.3 Å². The Labute approximate surface area is 83.3 Å². The van der Waals surface area contributed by atoms with Gasteiger partial charge in [0.15, 0.2) is 0 Å². The molecule has 1 aromatic heterocycles. The minimum absolute atomic E-state index is 0.710. The molecule has 1 aromatic rings. The summed E-state index contributed by atoms with van der Waals surface area (Å²) in [6.07, 6.45) is 7.53. The molecule has 2 nitrogen and oxygen atoms in total. The number of pyridine rings is 1.